The second-order valence-corrected chi connectivity index (χ2v) is 5.57. The van der Waals surface area contributed by atoms with Crippen LogP contribution in [0, 0.1) is 0 Å². The minimum absolute atomic E-state index is 0.0120. The van der Waals surface area contributed by atoms with E-state index in [4.69, 9.17) is 5.11 Å². The van der Waals surface area contributed by atoms with E-state index in [9.17, 15) is 4.79 Å². The average Bonchev–Trinajstić information content (AvgIpc) is 2.79. The van der Waals surface area contributed by atoms with Crippen LogP contribution in [-0.2, 0) is 11.2 Å². The Kier molecular flexibility index (Phi) is 4.47. The molecule has 1 aromatic heterocycles. The van der Waals surface area contributed by atoms with Gasteiger partial charge in [0.1, 0.15) is 5.69 Å². The molecule has 1 heterocycles. The molecule has 0 unspecified atom stereocenters. The number of rotatable bonds is 5. The predicted octanol–water partition coefficient (Wildman–Crippen LogP) is 2.66. The maximum absolute atomic E-state index is 11.0. The molecule has 1 aromatic carbocycles. The molecule has 3 N–H and O–H groups in total. The number of hydrogen-bond acceptors (Lipinski definition) is 4. The van der Waals surface area contributed by atoms with Crippen LogP contribution >= 0.6 is 11.3 Å². The smallest absolute Gasteiger partial charge is 0.357 e. The maximum Gasteiger partial charge on any atom is 0.357 e. The van der Waals surface area contributed by atoms with Crippen molar-refractivity contribution in [2.24, 2.45) is 5.10 Å². The van der Waals surface area contributed by atoms with Crippen molar-refractivity contribution in [3.8, 4) is 11.3 Å². The summed E-state index contributed by atoms with van der Waals surface area (Å²) in [6, 6.07) is 9.67. The SMILES string of the molecule is CC(C)=NNc1[nH+]c(-c2ccccc2)c(CC(=O)O)s1. The van der Waals surface area contributed by atoms with E-state index in [0.29, 0.717) is 0 Å². The lowest BCUT2D eigenvalue weighted by atomic mass is 10.1. The van der Waals surface area contributed by atoms with Crippen molar-refractivity contribution in [1.29, 1.82) is 0 Å². The monoisotopic (exact) mass is 290 g/mol. The van der Waals surface area contributed by atoms with Crippen LogP contribution in [0.3, 0.4) is 0 Å². The fraction of sp³-hybridized carbons (Fsp3) is 0.214. The number of benzene rings is 1. The third-order valence-corrected chi connectivity index (χ3v) is 3.49. The molecule has 2 rings (SSSR count). The second kappa shape index (κ2) is 6.29. The molecular weight excluding hydrogens is 274 g/mol. The number of thiazole rings is 1. The molecule has 0 spiro atoms. The number of nitrogens with one attached hydrogen (secondary N) is 2. The minimum atomic E-state index is -0.848. The van der Waals surface area contributed by atoms with Crippen LogP contribution in [0.5, 0.6) is 0 Å². The summed E-state index contributed by atoms with van der Waals surface area (Å²) >= 11 is 1.37. The number of aromatic nitrogens is 1. The number of carbonyl (C=O) groups is 1. The largest absolute Gasteiger partial charge is 0.481 e. The molecule has 0 amide bonds. The first-order chi connectivity index (χ1) is 9.56. The highest BCUT2D eigenvalue weighted by Gasteiger charge is 2.19. The molecular formula is C14H16N3O2S+. The van der Waals surface area contributed by atoms with Crippen molar-refractivity contribution in [2.45, 2.75) is 20.3 Å². The van der Waals surface area contributed by atoms with Gasteiger partial charge in [-0.15, -0.1) is 5.43 Å². The highest BCUT2D eigenvalue weighted by molar-refractivity contribution is 7.15. The van der Waals surface area contributed by atoms with Gasteiger partial charge in [-0.1, -0.05) is 35.4 Å². The Morgan fingerprint density at radius 3 is 2.65 bits per heavy atom. The Morgan fingerprint density at radius 2 is 2.05 bits per heavy atom. The van der Waals surface area contributed by atoms with Crippen molar-refractivity contribution in [3.05, 3.63) is 35.2 Å². The molecule has 0 fully saturated rings. The summed E-state index contributed by atoms with van der Waals surface area (Å²) in [6.07, 6.45) is -0.0120. The fourth-order valence-corrected chi connectivity index (χ4v) is 2.65. The molecule has 6 heteroatoms. The summed E-state index contributed by atoms with van der Waals surface area (Å²) < 4.78 is 0. The zero-order valence-electron chi connectivity index (χ0n) is 11.3. The number of carboxylic acids is 1. The van der Waals surface area contributed by atoms with Crippen molar-refractivity contribution < 1.29 is 14.9 Å². The molecule has 0 aliphatic rings. The summed E-state index contributed by atoms with van der Waals surface area (Å²) in [5.74, 6) is -0.848. The van der Waals surface area contributed by atoms with E-state index >= 15 is 0 Å². The predicted molar refractivity (Wildman–Crippen MR) is 80.1 cm³/mol. The normalized spacial score (nSPS) is 10.1. The lowest BCUT2D eigenvalue weighted by molar-refractivity contribution is -0.341. The van der Waals surface area contributed by atoms with Crippen LogP contribution in [0.15, 0.2) is 35.4 Å². The number of H-pyrrole nitrogens is 1. The van der Waals surface area contributed by atoms with Crippen molar-refractivity contribution in [3.63, 3.8) is 0 Å². The summed E-state index contributed by atoms with van der Waals surface area (Å²) in [5.41, 5.74) is 5.59. The molecule has 0 atom stereocenters. The Hall–Kier alpha value is -2.21. The summed E-state index contributed by atoms with van der Waals surface area (Å²) in [4.78, 5) is 14.9. The standard InChI is InChI=1S/C14H15N3O2S/c1-9(2)16-17-14-15-13(10-6-4-3-5-7-10)11(20-14)8-12(18)19/h3-7H,8H2,1-2H3,(H,15,17)(H,18,19)/p+1. The maximum atomic E-state index is 11.0. The Labute approximate surface area is 121 Å². The molecule has 0 aliphatic heterocycles. The Morgan fingerprint density at radius 1 is 1.35 bits per heavy atom. The lowest BCUT2D eigenvalue weighted by Gasteiger charge is -1.97. The Bertz CT molecular complexity index is 631. The fourth-order valence-electron chi connectivity index (χ4n) is 1.70. The number of hydrazone groups is 1. The number of anilines is 1. The van der Waals surface area contributed by atoms with Gasteiger partial charge in [-0.05, 0) is 25.2 Å². The minimum Gasteiger partial charge on any atom is -0.481 e. The van der Waals surface area contributed by atoms with E-state index in [0.717, 1.165) is 27.0 Å². The molecule has 0 radical (unpaired) electrons. The van der Waals surface area contributed by atoms with E-state index in [-0.39, 0.29) is 6.42 Å². The van der Waals surface area contributed by atoms with Crippen molar-refractivity contribution >= 4 is 28.1 Å². The molecule has 5 nitrogen and oxygen atoms in total. The van der Waals surface area contributed by atoms with Gasteiger partial charge >= 0.3 is 11.1 Å². The first-order valence-electron chi connectivity index (χ1n) is 6.15. The van der Waals surface area contributed by atoms with Gasteiger partial charge in [0, 0.05) is 5.56 Å². The summed E-state index contributed by atoms with van der Waals surface area (Å²) in [6.45, 7) is 3.77. The van der Waals surface area contributed by atoms with E-state index in [1.807, 2.05) is 44.2 Å². The number of aliphatic carboxylic acids is 1. The van der Waals surface area contributed by atoms with Gasteiger partial charge in [0.05, 0.1) is 17.0 Å². The molecule has 0 saturated heterocycles. The van der Waals surface area contributed by atoms with Gasteiger partial charge in [-0.25, -0.2) is 4.98 Å². The van der Waals surface area contributed by atoms with Crippen LogP contribution in [0.4, 0.5) is 5.13 Å². The Balaban J connectivity index is 2.37. The highest BCUT2D eigenvalue weighted by Crippen LogP contribution is 2.27. The molecule has 0 bridgehead atoms. The first kappa shape index (κ1) is 14.2. The number of carboxylic acid groups (broad SMARTS) is 1. The third kappa shape index (κ3) is 3.64. The van der Waals surface area contributed by atoms with E-state index in [1.54, 1.807) is 0 Å². The van der Waals surface area contributed by atoms with Crippen molar-refractivity contribution in [1.82, 2.24) is 0 Å². The molecule has 0 aliphatic carbocycles. The van der Waals surface area contributed by atoms with Crippen LogP contribution < -0.4 is 10.4 Å². The summed E-state index contributed by atoms with van der Waals surface area (Å²) in [7, 11) is 0. The van der Waals surface area contributed by atoms with E-state index < -0.39 is 5.97 Å². The van der Waals surface area contributed by atoms with Crippen LogP contribution in [0.1, 0.15) is 18.7 Å². The number of nitrogens with zero attached hydrogens (tertiary/aromatic N) is 1. The van der Waals surface area contributed by atoms with Crippen LogP contribution in [0.2, 0.25) is 0 Å². The van der Waals surface area contributed by atoms with E-state index in [2.05, 4.69) is 15.5 Å². The number of hydrogen-bond donors (Lipinski definition) is 2. The second-order valence-electron chi connectivity index (χ2n) is 4.46. The van der Waals surface area contributed by atoms with Gasteiger partial charge in [0.25, 0.3) is 0 Å². The van der Waals surface area contributed by atoms with Crippen LogP contribution in [-0.4, -0.2) is 16.8 Å². The van der Waals surface area contributed by atoms with Gasteiger partial charge in [-0.2, -0.15) is 0 Å². The zero-order chi connectivity index (χ0) is 14.5. The van der Waals surface area contributed by atoms with Gasteiger partial charge in [0.2, 0.25) is 0 Å². The lowest BCUT2D eigenvalue weighted by Crippen LogP contribution is -2.09. The van der Waals surface area contributed by atoms with Gasteiger partial charge < -0.3 is 5.11 Å². The van der Waals surface area contributed by atoms with E-state index in [1.165, 1.54) is 11.3 Å². The average molecular weight is 290 g/mol. The quantitative estimate of drug-likeness (QED) is 0.656. The van der Waals surface area contributed by atoms with Gasteiger partial charge in [0.15, 0.2) is 0 Å². The number of aromatic amines is 1. The van der Waals surface area contributed by atoms with Crippen LogP contribution in [0.25, 0.3) is 11.3 Å². The molecule has 2 aromatic rings. The van der Waals surface area contributed by atoms with Crippen molar-refractivity contribution in [2.75, 3.05) is 5.43 Å². The molecule has 20 heavy (non-hydrogen) atoms. The molecule has 0 saturated carbocycles. The first-order valence-corrected chi connectivity index (χ1v) is 6.97. The van der Waals surface area contributed by atoms with Gasteiger partial charge in [-0.3, -0.25) is 4.79 Å². The zero-order valence-corrected chi connectivity index (χ0v) is 12.1. The summed E-state index contributed by atoms with van der Waals surface area (Å²) in [5, 5.41) is 13.9. The topological polar surface area (TPSA) is 75.8 Å². The third-order valence-electron chi connectivity index (χ3n) is 2.50. The highest BCUT2D eigenvalue weighted by atomic mass is 32.1. The molecule has 104 valence electrons.